The minimum absolute atomic E-state index is 0.0260. The number of hydrogen-bond acceptors (Lipinski definition) is 4. The predicted octanol–water partition coefficient (Wildman–Crippen LogP) is 0.207. The first kappa shape index (κ1) is 11.5. The van der Waals surface area contributed by atoms with Crippen LogP contribution in [0.4, 0.5) is 0 Å². The zero-order valence-electron chi connectivity index (χ0n) is 7.98. The maximum absolute atomic E-state index is 11.3. The fraction of sp³-hybridized carbons (Fsp3) is 0.667. The van der Waals surface area contributed by atoms with E-state index in [1.54, 1.807) is 13.8 Å². The Kier molecular flexibility index (Phi) is 3.53. The van der Waals surface area contributed by atoms with Gasteiger partial charge in [-0.2, -0.15) is 0 Å². The van der Waals surface area contributed by atoms with Gasteiger partial charge in [-0.25, -0.2) is 4.79 Å². The van der Waals surface area contributed by atoms with Gasteiger partial charge >= 0.3 is 5.97 Å². The number of halogens is 1. The number of ether oxygens (including phenoxy) is 1. The van der Waals surface area contributed by atoms with E-state index >= 15 is 0 Å². The molecule has 14 heavy (non-hydrogen) atoms. The first-order valence-electron chi connectivity index (χ1n) is 4.36. The Morgan fingerprint density at radius 2 is 2.21 bits per heavy atom. The van der Waals surface area contributed by atoms with Crippen molar-refractivity contribution in [2.24, 2.45) is 0 Å². The maximum atomic E-state index is 11.3. The molecule has 3 unspecified atom stereocenters. The number of alkyl halides is 1. The molecule has 1 rings (SSSR count). The van der Waals surface area contributed by atoms with Gasteiger partial charge in [0.1, 0.15) is 18.3 Å². The normalized spacial score (nSPS) is 31.8. The van der Waals surface area contributed by atoms with Crippen LogP contribution in [0, 0.1) is 0 Å². The van der Waals surface area contributed by atoms with E-state index in [1.807, 2.05) is 0 Å². The molecule has 4 atom stereocenters. The van der Waals surface area contributed by atoms with Crippen LogP contribution < -0.4 is 0 Å². The average Bonchev–Trinajstić information content (AvgIpc) is 2.10. The third-order valence-corrected chi connectivity index (χ3v) is 2.35. The minimum atomic E-state index is -1.11. The summed E-state index contributed by atoms with van der Waals surface area (Å²) in [6.07, 6.45) is -1.27. The van der Waals surface area contributed by atoms with Gasteiger partial charge in [0, 0.05) is 0 Å². The van der Waals surface area contributed by atoms with E-state index in [0.29, 0.717) is 0 Å². The molecule has 0 saturated carbocycles. The lowest BCUT2D eigenvalue weighted by atomic mass is 10.0. The largest absolute Gasteiger partial charge is 0.456 e. The molecule has 0 aromatic heterocycles. The van der Waals surface area contributed by atoms with Crippen molar-refractivity contribution < 1.29 is 19.7 Å². The Morgan fingerprint density at radius 1 is 1.64 bits per heavy atom. The van der Waals surface area contributed by atoms with E-state index in [2.05, 4.69) is 0 Å². The van der Waals surface area contributed by atoms with Gasteiger partial charge in [0.2, 0.25) is 0 Å². The molecule has 0 aromatic carbocycles. The summed E-state index contributed by atoms with van der Waals surface area (Å²) in [5.41, 5.74) is 0.0260. The second-order valence-corrected chi connectivity index (χ2v) is 4.03. The number of hydrogen-bond donors (Lipinski definition) is 2. The predicted molar refractivity (Wildman–Crippen MR) is 51.0 cm³/mol. The lowest BCUT2D eigenvalue weighted by Gasteiger charge is -2.26. The van der Waals surface area contributed by atoms with Crippen LogP contribution in [-0.4, -0.2) is 39.9 Å². The molecule has 0 saturated heterocycles. The number of carbonyl (C=O) groups excluding carboxylic acids is 1. The minimum Gasteiger partial charge on any atom is -0.456 e. The molecule has 4 nitrogen and oxygen atoms in total. The highest BCUT2D eigenvalue weighted by molar-refractivity contribution is 6.21. The van der Waals surface area contributed by atoms with Gasteiger partial charge in [-0.05, 0) is 19.9 Å². The van der Waals surface area contributed by atoms with Gasteiger partial charge in [-0.1, -0.05) is 0 Å². The molecule has 0 radical (unpaired) electrons. The number of cyclic esters (lactones) is 1. The van der Waals surface area contributed by atoms with Crippen LogP contribution in [0.2, 0.25) is 0 Å². The van der Waals surface area contributed by atoms with E-state index in [-0.39, 0.29) is 5.57 Å². The van der Waals surface area contributed by atoms with E-state index in [0.717, 1.165) is 0 Å². The van der Waals surface area contributed by atoms with Gasteiger partial charge in [0.25, 0.3) is 0 Å². The summed E-state index contributed by atoms with van der Waals surface area (Å²) >= 11 is 5.63. The van der Waals surface area contributed by atoms with Gasteiger partial charge in [0.15, 0.2) is 0 Å². The second kappa shape index (κ2) is 4.29. The third kappa shape index (κ3) is 2.26. The molecule has 1 aliphatic heterocycles. The topological polar surface area (TPSA) is 66.8 Å². The molecule has 80 valence electrons. The molecular formula is C9H13ClO4. The Morgan fingerprint density at radius 3 is 2.71 bits per heavy atom. The summed E-state index contributed by atoms with van der Waals surface area (Å²) in [4.78, 5) is 11.3. The Bertz CT molecular complexity index is 262. The van der Waals surface area contributed by atoms with Crippen molar-refractivity contribution in [3.63, 3.8) is 0 Å². The molecule has 1 heterocycles. The second-order valence-electron chi connectivity index (χ2n) is 3.35. The summed E-state index contributed by atoms with van der Waals surface area (Å²) in [7, 11) is 0. The summed E-state index contributed by atoms with van der Waals surface area (Å²) in [6.45, 7) is 3.14. The zero-order chi connectivity index (χ0) is 10.9. The number of aliphatic hydroxyl groups is 2. The Labute approximate surface area is 87.1 Å². The van der Waals surface area contributed by atoms with E-state index in [4.69, 9.17) is 16.3 Å². The van der Waals surface area contributed by atoms with Crippen molar-refractivity contribution in [1.29, 1.82) is 0 Å². The van der Waals surface area contributed by atoms with Gasteiger partial charge in [-0.3, -0.25) is 0 Å². The summed E-state index contributed by atoms with van der Waals surface area (Å²) in [5.74, 6) is -0.622. The standard InChI is InChI=1S/C9H13ClO4/c1-4(10)8(12)6-3-7(11)5(2)14-9(6)13/h3-5,7-8,11-12H,1-2H3/t4?,5?,7-,8?/m0/s1. The zero-order valence-corrected chi connectivity index (χ0v) is 8.73. The number of esters is 1. The highest BCUT2D eigenvalue weighted by Crippen LogP contribution is 2.20. The molecule has 0 amide bonds. The molecule has 0 fully saturated rings. The van der Waals surface area contributed by atoms with Gasteiger partial charge in [-0.15, -0.1) is 11.6 Å². The van der Waals surface area contributed by atoms with Crippen molar-refractivity contribution in [3.05, 3.63) is 11.6 Å². The van der Waals surface area contributed by atoms with Crippen molar-refractivity contribution in [1.82, 2.24) is 0 Å². The molecule has 5 heteroatoms. The number of aliphatic hydroxyl groups excluding tert-OH is 2. The van der Waals surface area contributed by atoms with Crippen LogP contribution in [0.25, 0.3) is 0 Å². The van der Waals surface area contributed by atoms with Crippen molar-refractivity contribution in [2.75, 3.05) is 0 Å². The highest BCUT2D eigenvalue weighted by atomic mass is 35.5. The van der Waals surface area contributed by atoms with Crippen molar-refractivity contribution in [2.45, 2.75) is 37.5 Å². The summed E-state index contributed by atoms with van der Waals surface area (Å²) in [6, 6.07) is 0. The molecule has 0 bridgehead atoms. The number of rotatable bonds is 2. The monoisotopic (exact) mass is 220 g/mol. The number of carbonyl (C=O) groups is 1. The summed E-state index contributed by atoms with van der Waals surface area (Å²) < 4.78 is 4.81. The molecule has 0 spiro atoms. The fourth-order valence-electron chi connectivity index (χ4n) is 1.16. The molecular weight excluding hydrogens is 208 g/mol. The van der Waals surface area contributed by atoms with Crippen LogP contribution in [0.15, 0.2) is 11.6 Å². The van der Waals surface area contributed by atoms with Crippen LogP contribution >= 0.6 is 11.6 Å². The quantitative estimate of drug-likeness (QED) is 0.516. The fourth-order valence-corrected chi connectivity index (χ4v) is 1.30. The lowest BCUT2D eigenvalue weighted by Crippen LogP contribution is -2.38. The van der Waals surface area contributed by atoms with Crippen LogP contribution in [0.3, 0.4) is 0 Å². The smallest absolute Gasteiger partial charge is 0.336 e. The van der Waals surface area contributed by atoms with Gasteiger partial charge < -0.3 is 14.9 Å². The first-order valence-corrected chi connectivity index (χ1v) is 4.80. The average molecular weight is 221 g/mol. The first-order chi connectivity index (χ1) is 6.43. The van der Waals surface area contributed by atoms with Crippen LogP contribution in [0.1, 0.15) is 13.8 Å². The molecule has 0 aromatic rings. The van der Waals surface area contributed by atoms with Crippen molar-refractivity contribution in [3.8, 4) is 0 Å². The van der Waals surface area contributed by atoms with Gasteiger partial charge in [0.05, 0.1) is 11.0 Å². The lowest BCUT2D eigenvalue weighted by molar-refractivity contribution is -0.151. The molecule has 2 N–H and O–H groups in total. The van der Waals surface area contributed by atoms with E-state index < -0.39 is 29.7 Å². The summed E-state index contributed by atoms with van der Waals surface area (Å²) in [5, 5.41) is 18.3. The SMILES string of the molecule is CC(Cl)C(O)C1=C[C@H](O)C(C)OC1=O. The highest BCUT2D eigenvalue weighted by Gasteiger charge is 2.32. The third-order valence-electron chi connectivity index (χ3n) is 2.11. The van der Waals surface area contributed by atoms with Crippen molar-refractivity contribution >= 4 is 17.6 Å². The Hall–Kier alpha value is -0.580. The maximum Gasteiger partial charge on any atom is 0.336 e. The van der Waals surface area contributed by atoms with E-state index in [1.165, 1.54) is 6.08 Å². The Balaban J connectivity index is 2.87. The van der Waals surface area contributed by atoms with Crippen LogP contribution in [0.5, 0.6) is 0 Å². The van der Waals surface area contributed by atoms with Crippen LogP contribution in [-0.2, 0) is 9.53 Å². The molecule has 0 aliphatic carbocycles. The van der Waals surface area contributed by atoms with E-state index in [9.17, 15) is 15.0 Å². The molecule has 1 aliphatic rings.